The molecule has 8 rings (SSSR count). The Labute approximate surface area is 480 Å². The van der Waals surface area contributed by atoms with E-state index in [-0.39, 0.29) is 65.7 Å². The zero-order chi connectivity index (χ0) is 60.0. The number of aromatic nitrogens is 2. The van der Waals surface area contributed by atoms with Gasteiger partial charge in [0, 0.05) is 71.1 Å². The van der Waals surface area contributed by atoms with Gasteiger partial charge in [-0.05, 0) is 144 Å². The summed E-state index contributed by atoms with van der Waals surface area (Å²) in [5, 5.41) is 4.31. The Morgan fingerprint density at radius 1 is 0.704 bits per heavy atom. The minimum atomic E-state index is -4.08. The normalized spacial score (nSPS) is 22.3. The maximum Gasteiger partial charge on any atom is 0.410 e. The Kier molecular flexibility index (Phi) is 18.5. The number of H-pyrrole nitrogens is 2. The average molecular weight is 1180 g/mol. The molecule has 3 aromatic carbocycles. The predicted octanol–water partition coefficient (Wildman–Crippen LogP) is 13.5. The second kappa shape index (κ2) is 23.7. The van der Waals surface area contributed by atoms with Crippen molar-refractivity contribution < 1.29 is 58.8 Å². The molecule has 3 aliphatic rings. The van der Waals surface area contributed by atoms with Crippen molar-refractivity contribution in [3.05, 3.63) is 107 Å². The summed E-state index contributed by atoms with van der Waals surface area (Å²) in [5.41, 5.74) is 2.39. The first-order chi connectivity index (χ1) is 37.3. The molecule has 446 valence electrons. The van der Waals surface area contributed by atoms with Crippen molar-refractivity contribution >= 4 is 66.8 Å². The third-order valence-electron chi connectivity index (χ3n) is 16.6. The lowest BCUT2D eigenvalue weighted by atomic mass is 9.87. The smallest absolute Gasteiger partial charge is 0.410 e. The first-order valence-electron chi connectivity index (χ1n) is 28.0. The van der Waals surface area contributed by atoms with Crippen LogP contribution in [0.4, 0.5) is 23.2 Å². The number of fused-ring (bicyclic) bond motifs is 3. The third kappa shape index (κ3) is 15.3. The average Bonchev–Trinajstić information content (AvgIpc) is 4.30. The van der Waals surface area contributed by atoms with E-state index in [2.05, 4.69) is 69.9 Å². The van der Waals surface area contributed by atoms with Gasteiger partial charge in [-0.15, -0.1) is 0 Å². The second-order valence-electron chi connectivity index (χ2n) is 27.1. The minimum absolute atomic E-state index is 0.0102. The first kappa shape index (κ1) is 63.3. The molecule has 1 aliphatic carbocycles. The Morgan fingerprint density at radius 2 is 1.22 bits per heavy atom. The summed E-state index contributed by atoms with van der Waals surface area (Å²) < 4.78 is 90.3. The van der Waals surface area contributed by atoms with Crippen LogP contribution in [0.25, 0.3) is 21.8 Å². The summed E-state index contributed by atoms with van der Waals surface area (Å²) in [4.78, 5) is 50.0. The molecule has 3 amide bonds. The number of ether oxygens (including phenoxy) is 3. The monoisotopic (exact) mass is 1180 g/mol. The van der Waals surface area contributed by atoms with Crippen LogP contribution in [-0.2, 0) is 44.0 Å². The lowest BCUT2D eigenvalue weighted by molar-refractivity contribution is 0.0136. The van der Waals surface area contributed by atoms with E-state index in [0.717, 1.165) is 41.1 Å². The van der Waals surface area contributed by atoms with Crippen molar-refractivity contribution in [2.24, 2.45) is 5.92 Å². The maximum absolute atomic E-state index is 14.2. The lowest BCUT2D eigenvalue weighted by Gasteiger charge is -2.39. The van der Waals surface area contributed by atoms with Gasteiger partial charge in [0.25, 0.3) is 10.1 Å². The van der Waals surface area contributed by atoms with Gasteiger partial charge in [-0.1, -0.05) is 71.9 Å². The molecule has 5 aromatic rings. The van der Waals surface area contributed by atoms with Gasteiger partial charge in [-0.2, -0.15) is 8.42 Å². The summed E-state index contributed by atoms with van der Waals surface area (Å²) in [5.74, 6) is -1.07. The Hall–Kier alpha value is -5.33. The van der Waals surface area contributed by atoms with Crippen LogP contribution in [0.2, 0.25) is 36.3 Å². The summed E-state index contributed by atoms with van der Waals surface area (Å²) in [7, 11) is -8.64. The van der Waals surface area contributed by atoms with Gasteiger partial charge in [0.05, 0.1) is 31.1 Å². The molecule has 21 heteroatoms. The van der Waals surface area contributed by atoms with E-state index in [1.807, 2.05) is 81.4 Å². The number of nitrogens with one attached hydrogen (secondary N) is 3. The molecule has 0 radical (unpaired) electrons. The predicted molar refractivity (Wildman–Crippen MR) is 317 cm³/mol. The van der Waals surface area contributed by atoms with E-state index in [4.69, 9.17) is 27.2 Å². The van der Waals surface area contributed by atoms with Gasteiger partial charge in [-0.25, -0.2) is 23.2 Å². The van der Waals surface area contributed by atoms with Crippen LogP contribution in [0.15, 0.2) is 79.1 Å². The van der Waals surface area contributed by atoms with E-state index in [9.17, 15) is 31.6 Å². The number of halogens is 2. The van der Waals surface area contributed by atoms with E-state index < -0.39 is 80.1 Å². The van der Waals surface area contributed by atoms with Gasteiger partial charge >= 0.3 is 18.3 Å². The molecular formula is C60H87F2N5O11SSi2. The molecular weight excluding hydrogens is 1090 g/mol. The standard InChI is InChI=1S/C34H48FN3O8SSi.C26H39FN2O3Si/c1-33(2,3)44-32(40)38-20-28(46-48(8,9)34(4,5)6)30(45-47(7,41)42)29(38)26(25-18-36-27-17-23(35)15-16-24(25)27)19-37-31(39)43-21-22-13-11-10-12-14-22;1-25(2,3)31-24(30)29-15-22(32-33(7,8)26(4,5)6)19-12-11-18(23(19)29)20-14-28-21-13-16(27)9-10-17(20)21/h10-18,26,28-30,36H,19-21H2,1-9H3,(H,37,39);9-10,13-14,18-19,22-23,28H,11-12,15H2,1-8H3/t26-,28-,29-,30+;18-,19-,22-,23-/m11/s1. The van der Waals surface area contributed by atoms with Crippen LogP contribution in [0.3, 0.4) is 0 Å². The molecule has 4 heterocycles. The molecule has 1 saturated carbocycles. The number of amides is 3. The molecule has 0 spiro atoms. The number of hydrogen-bond donors (Lipinski definition) is 3. The minimum Gasteiger partial charge on any atom is -0.445 e. The van der Waals surface area contributed by atoms with E-state index in [1.54, 1.807) is 33.0 Å². The molecule has 81 heavy (non-hydrogen) atoms. The zero-order valence-electron chi connectivity index (χ0n) is 50.4. The molecule has 2 aliphatic heterocycles. The summed E-state index contributed by atoms with van der Waals surface area (Å²) >= 11 is 0. The van der Waals surface area contributed by atoms with Gasteiger partial charge in [0.2, 0.25) is 0 Å². The number of benzene rings is 3. The van der Waals surface area contributed by atoms with Crippen molar-refractivity contribution in [2.45, 2.75) is 192 Å². The van der Waals surface area contributed by atoms with Crippen molar-refractivity contribution in [1.29, 1.82) is 0 Å². The topological polar surface area (TPSA) is 191 Å². The second-order valence-corrected chi connectivity index (χ2v) is 38.2. The summed E-state index contributed by atoms with van der Waals surface area (Å²) in [6, 6.07) is 17.3. The van der Waals surface area contributed by atoms with E-state index in [1.165, 1.54) is 29.2 Å². The number of carbonyl (C=O) groups excluding carboxylic acids is 3. The lowest BCUT2D eigenvalue weighted by Crippen LogP contribution is -2.51. The fraction of sp³-hybridized carbons (Fsp3) is 0.583. The Bertz CT molecular complexity index is 3150. The summed E-state index contributed by atoms with van der Waals surface area (Å²) in [6.07, 6.45) is 2.87. The molecule has 2 saturated heterocycles. The molecule has 2 aromatic heterocycles. The van der Waals surface area contributed by atoms with Gasteiger partial charge in [0.15, 0.2) is 16.6 Å². The van der Waals surface area contributed by atoms with Gasteiger partial charge in [0.1, 0.15) is 35.5 Å². The number of rotatable bonds is 13. The number of nitrogens with zero attached hydrogens (tertiary/aromatic N) is 2. The highest BCUT2D eigenvalue weighted by atomic mass is 32.2. The van der Waals surface area contributed by atoms with Crippen LogP contribution in [0.5, 0.6) is 0 Å². The van der Waals surface area contributed by atoms with Gasteiger partial charge < -0.3 is 43.2 Å². The van der Waals surface area contributed by atoms with Crippen LogP contribution in [-0.4, -0.2) is 131 Å². The molecule has 8 atom stereocenters. The van der Waals surface area contributed by atoms with Gasteiger partial charge in [-0.3, -0.25) is 9.08 Å². The quantitative estimate of drug-likeness (QED) is 0.0577. The van der Waals surface area contributed by atoms with Crippen molar-refractivity contribution in [3.63, 3.8) is 0 Å². The highest BCUT2D eigenvalue weighted by Crippen LogP contribution is 2.51. The number of carbonyl (C=O) groups is 3. The molecule has 3 fully saturated rings. The Morgan fingerprint density at radius 3 is 1.78 bits per heavy atom. The van der Waals surface area contributed by atoms with E-state index in [0.29, 0.717) is 23.0 Å². The number of aromatic amines is 2. The van der Waals surface area contributed by atoms with Crippen LogP contribution >= 0.6 is 0 Å². The fourth-order valence-electron chi connectivity index (χ4n) is 10.9. The van der Waals surface area contributed by atoms with E-state index >= 15 is 0 Å². The van der Waals surface area contributed by atoms with Crippen molar-refractivity contribution in [1.82, 2.24) is 25.1 Å². The van der Waals surface area contributed by atoms with Crippen molar-refractivity contribution in [3.8, 4) is 0 Å². The molecule has 3 N–H and O–H groups in total. The molecule has 16 nitrogen and oxygen atoms in total. The molecule has 0 unspecified atom stereocenters. The first-order valence-corrected chi connectivity index (χ1v) is 35.7. The zero-order valence-corrected chi connectivity index (χ0v) is 53.2. The third-order valence-corrected chi connectivity index (χ3v) is 26.2. The SMILES string of the molecule is CC(C)(C)OC(=O)N1C[C@@H](O[Si](C)(C)C(C)(C)C)[C@H](OS(C)(=O)=O)[C@H]1[C@H](CNC(=O)OCc1ccccc1)c1c[nH]c2cc(F)ccc12.CC(C)(C)OC(=O)N1C[C@@H](O[Si](C)(C)C(C)(C)C)[C@H]2CC[C@H](c3c[nH]c4cc(F)ccc34)[C@H]21. The number of hydrogen-bond acceptors (Lipinski definition) is 11. The maximum atomic E-state index is 14.2. The summed E-state index contributed by atoms with van der Waals surface area (Å²) in [6.45, 7) is 32.9. The largest absolute Gasteiger partial charge is 0.445 e. The van der Waals surface area contributed by atoms with Crippen LogP contribution in [0.1, 0.15) is 124 Å². The Balaban J connectivity index is 0.000000250. The number of likely N-dealkylation sites (tertiary alicyclic amines) is 2. The fourth-order valence-corrected chi connectivity index (χ4v) is 14.2. The molecule has 0 bridgehead atoms. The highest BCUT2D eigenvalue weighted by molar-refractivity contribution is 7.86. The number of alkyl carbamates (subject to hydrolysis) is 1. The van der Waals surface area contributed by atoms with Crippen LogP contribution < -0.4 is 5.32 Å². The highest BCUT2D eigenvalue weighted by Gasteiger charge is 2.57. The van der Waals surface area contributed by atoms with Crippen molar-refractivity contribution in [2.75, 3.05) is 25.9 Å². The van der Waals surface area contributed by atoms with Crippen LogP contribution in [0, 0.1) is 17.6 Å².